The molecule has 0 aliphatic carbocycles. The van der Waals surface area contributed by atoms with Gasteiger partial charge in [0.2, 0.25) is 0 Å². The highest BCUT2D eigenvalue weighted by Gasteiger charge is 2.10. The van der Waals surface area contributed by atoms with Crippen molar-refractivity contribution in [2.45, 2.75) is 19.3 Å². The summed E-state index contributed by atoms with van der Waals surface area (Å²) in [5.41, 5.74) is 1.12. The Hall–Kier alpha value is -1.69. The molecule has 1 aromatic carbocycles. The summed E-state index contributed by atoms with van der Waals surface area (Å²) in [6.45, 7) is 2.13. The fourth-order valence-corrected chi connectivity index (χ4v) is 2.15. The first kappa shape index (κ1) is 15.7. The van der Waals surface area contributed by atoms with E-state index in [2.05, 4.69) is 4.98 Å². The van der Waals surface area contributed by atoms with E-state index in [1.54, 1.807) is 6.20 Å². The van der Waals surface area contributed by atoms with Crippen LogP contribution < -0.4 is 0 Å². The second kappa shape index (κ2) is 7.93. The Kier molecular flexibility index (Phi) is 5.92. The SMILES string of the molecule is CN(Cc1nccn1C)CC(O)COCc1ccccc1. The Morgan fingerprint density at radius 1 is 1.33 bits per heavy atom. The number of aliphatic hydroxyl groups excluding tert-OH is 1. The average Bonchev–Trinajstić information content (AvgIpc) is 2.85. The molecule has 5 heteroatoms. The van der Waals surface area contributed by atoms with Crippen molar-refractivity contribution in [2.75, 3.05) is 20.2 Å². The van der Waals surface area contributed by atoms with Gasteiger partial charge in [-0.05, 0) is 12.6 Å². The zero-order chi connectivity index (χ0) is 15.1. The van der Waals surface area contributed by atoms with Crippen LogP contribution in [0.15, 0.2) is 42.7 Å². The van der Waals surface area contributed by atoms with Crippen molar-refractivity contribution in [3.63, 3.8) is 0 Å². The fraction of sp³-hybridized carbons (Fsp3) is 0.438. The van der Waals surface area contributed by atoms with Gasteiger partial charge in [-0.3, -0.25) is 4.90 Å². The lowest BCUT2D eigenvalue weighted by Gasteiger charge is -2.20. The molecule has 1 unspecified atom stereocenters. The van der Waals surface area contributed by atoms with Gasteiger partial charge in [0.25, 0.3) is 0 Å². The lowest BCUT2D eigenvalue weighted by atomic mass is 10.2. The molecule has 1 N–H and O–H groups in total. The van der Waals surface area contributed by atoms with Gasteiger partial charge >= 0.3 is 0 Å². The van der Waals surface area contributed by atoms with E-state index in [9.17, 15) is 5.11 Å². The van der Waals surface area contributed by atoms with Crippen molar-refractivity contribution >= 4 is 0 Å². The molecule has 1 atom stereocenters. The van der Waals surface area contributed by atoms with Crippen molar-refractivity contribution in [3.8, 4) is 0 Å². The average molecular weight is 289 g/mol. The van der Waals surface area contributed by atoms with Crippen LogP contribution in [0.3, 0.4) is 0 Å². The smallest absolute Gasteiger partial charge is 0.122 e. The third kappa shape index (κ3) is 5.30. The zero-order valence-corrected chi connectivity index (χ0v) is 12.6. The quantitative estimate of drug-likeness (QED) is 0.799. The highest BCUT2D eigenvalue weighted by molar-refractivity contribution is 5.13. The number of aliphatic hydroxyl groups is 1. The summed E-state index contributed by atoms with van der Waals surface area (Å²) in [4.78, 5) is 6.31. The van der Waals surface area contributed by atoms with E-state index in [-0.39, 0.29) is 0 Å². The van der Waals surface area contributed by atoms with Crippen LogP contribution in [0, 0.1) is 0 Å². The van der Waals surface area contributed by atoms with Gasteiger partial charge in [-0.2, -0.15) is 0 Å². The Morgan fingerprint density at radius 3 is 2.76 bits per heavy atom. The standard InChI is InChI=1S/C16H23N3O2/c1-18(11-16-17-8-9-19(16)2)10-15(20)13-21-12-14-6-4-3-5-7-14/h3-9,15,20H,10-13H2,1-2H3. The van der Waals surface area contributed by atoms with E-state index in [0.717, 1.165) is 11.4 Å². The molecule has 0 radical (unpaired) electrons. The zero-order valence-electron chi connectivity index (χ0n) is 12.6. The van der Waals surface area contributed by atoms with Crippen LogP contribution in [0.2, 0.25) is 0 Å². The van der Waals surface area contributed by atoms with Gasteiger partial charge in [0.15, 0.2) is 0 Å². The molecule has 1 heterocycles. The minimum absolute atomic E-state index is 0.333. The van der Waals surface area contributed by atoms with Gasteiger partial charge < -0.3 is 14.4 Å². The third-order valence-corrected chi connectivity index (χ3v) is 3.28. The number of hydrogen-bond donors (Lipinski definition) is 1. The van der Waals surface area contributed by atoms with Crippen LogP contribution >= 0.6 is 0 Å². The van der Waals surface area contributed by atoms with Gasteiger partial charge in [0.05, 0.1) is 25.9 Å². The minimum Gasteiger partial charge on any atom is -0.389 e. The lowest BCUT2D eigenvalue weighted by Crippen LogP contribution is -2.32. The second-order valence-corrected chi connectivity index (χ2v) is 5.31. The molecule has 0 bridgehead atoms. The fourth-order valence-electron chi connectivity index (χ4n) is 2.15. The summed E-state index contributed by atoms with van der Waals surface area (Å²) in [5, 5.41) is 10.0. The molecule has 0 amide bonds. The number of rotatable bonds is 8. The molecular formula is C16H23N3O2. The summed E-state index contributed by atoms with van der Waals surface area (Å²) in [6.07, 6.45) is 3.20. The lowest BCUT2D eigenvalue weighted by molar-refractivity contribution is 0.0123. The summed E-state index contributed by atoms with van der Waals surface area (Å²) >= 11 is 0. The minimum atomic E-state index is -0.501. The normalized spacial score (nSPS) is 12.8. The first-order chi connectivity index (χ1) is 10.1. The van der Waals surface area contributed by atoms with Crippen molar-refractivity contribution < 1.29 is 9.84 Å². The van der Waals surface area contributed by atoms with E-state index in [4.69, 9.17) is 4.74 Å². The van der Waals surface area contributed by atoms with Crippen LogP contribution in [-0.4, -0.2) is 45.9 Å². The Labute approximate surface area is 125 Å². The number of nitrogens with zero attached hydrogens (tertiary/aromatic N) is 3. The van der Waals surface area contributed by atoms with E-state index >= 15 is 0 Å². The van der Waals surface area contributed by atoms with Crippen molar-refractivity contribution in [1.82, 2.24) is 14.5 Å². The van der Waals surface area contributed by atoms with Crippen LogP contribution in [0.4, 0.5) is 0 Å². The molecule has 0 spiro atoms. The van der Waals surface area contributed by atoms with Gasteiger partial charge in [-0.15, -0.1) is 0 Å². The molecule has 0 saturated carbocycles. The molecule has 114 valence electrons. The molecule has 5 nitrogen and oxygen atoms in total. The summed E-state index contributed by atoms with van der Waals surface area (Å²) in [6, 6.07) is 9.97. The van der Waals surface area contributed by atoms with Gasteiger partial charge in [0, 0.05) is 26.0 Å². The predicted octanol–water partition coefficient (Wildman–Crippen LogP) is 1.43. The summed E-state index contributed by atoms with van der Waals surface area (Å²) in [7, 11) is 3.94. The number of likely N-dealkylation sites (N-methyl/N-ethyl adjacent to an activating group) is 1. The molecule has 2 aromatic rings. The molecule has 0 aliphatic rings. The van der Waals surface area contributed by atoms with Crippen LogP contribution in [-0.2, 0) is 24.9 Å². The van der Waals surface area contributed by atoms with E-state index in [1.165, 1.54) is 0 Å². The predicted molar refractivity (Wildman–Crippen MR) is 81.6 cm³/mol. The number of ether oxygens (including phenoxy) is 1. The molecule has 0 aliphatic heterocycles. The summed E-state index contributed by atoms with van der Waals surface area (Å²) < 4.78 is 7.52. The topological polar surface area (TPSA) is 50.5 Å². The number of benzene rings is 1. The van der Waals surface area contributed by atoms with Crippen LogP contribution in [0.25, 0.3) is 0 Å². The monoisotopic (exact) mass is 289 g/mol. The number of aromatic nitrogens is 2. The highest BCUT2D eigenvalue weighted by Crippen LogP contribution is 2.03. The van der Waals surface area contributed by atoms with Crippen molar-refractivity contribution in [2.24, 2.45) is 7.05 Å². The molecule has 2 rings (SSSR count). The first-order valence-corrected chi connectivity index (χ1v) is 7.09. The number of imidazole rings is 1. The Bertz CT molecular complexity index is 527. The Morgan fingerprint density at radius 2 is 2.10 bits per heavy atom. The van der Waals surface area contributed by atoms with Crippen LogP contribution in [0.5, 0.6) is 0 Å². The largest absolute Gasteiger partial charge is 0.389 e. The van der Waals surface area contributed by atoms with E-state index in [0.29, 0.717) is 26.3 Å². The highest BCUT2D eigenvalue weighted by atomic mass is 16.5. The molecule has 21 heavy (non-hydrogen) atoms. The van der Waals surface area contributed by atoms with Gasteiger partial charge in [0.1, 0.15) is 5.82 Å². The maximum absolute atomic E-state index is 10.0. The summed E-state index contributed by atoms with van der Waals surface area (Å²) in [5.74, 6) is 0.981. The first-order valence-electron chi connectivity index (χ1n) is 7.09. The second-order valence-electron chi connectivity index (χ2n) is 5.31. The number of hydrogen-bond acceptors (Lipinski definition) is 4. The maximum Gasteiger partial charge on any atom is 0.122 e. The van der Waals surface area contributed by atoms with Gasteiger partial charge in [-0.1, -0.05) is 30.3 Å². The van der Waals surface area contributed by atoms with E-state index in [1.807, 2.05) is 60.1 Å². The van der Waals surface area contributed by atoms with Crippen molar-refractivity contribution in [1.29, 1.82) is 0 Å². The van der Waals surface area contributed by atoms with Crippen LogP contribution in [0.1, 0.15) is 11.4 Å². The Balaban J connectivity index is 1.67. The molecule has 0 fully saturated rings. The molecular weight excluding hydrogens is 266 g/mol. The molecule has 0 saturated heterocycles. The maximum atomic E-state index is 10.0. The number of aryl methyl sites for hydroxylation is 1. The van der Waals surface area contributed by atoms with Crippen molar-refractivity contribution in [3.05, 3.63) is 54.1 Å². The van der Waals surface area contributed by atoms with Gasteiger partial charge in [-0.25, -0.2) is 4.98 Å². The third-order valence-electron chi connectivity index (χ3n) is 3.28. The molecule has 1 aromatic heterocycles. The van der Waals surface area contributed by atoms with E-state index < -0.39 is 6.10 Å².